The van der Waals surface area contributed by atoms with Crippen molar-refractivity contribution in [3.63, 3.8) is 0 Å². The minimum Gasteiger partial charge on any atom is -0.456 e. The summed E-state index contributed by atoms with van der Waals surface area (Å²) in [5, 5.41) is 8.57. The predicted octanol–water partition coefficient (Wildman–Crippen LogP) is 8.90. The zero-order valence-electron chi connectivity index (χ0n) is 22.0. The number of rotatable bonds is 3. The van der Waals surface area contributed by atoms with Gasteiger partial charge in [0.25, 0.3) is 0 Å². The van der Waals surface area contributed by atoms with Crippen molar-refractivity contribution in [1.29, 1.82) is 0 Å². The molecule has 1 unspecified atom stereocenters. The summed E-state index contributed by atoms with van der Waals surface area (Å²) in [7, 11) is 3.45. The molecule has 1 atom stereocenters. The maximum absolute atomic E-state index is 6.33. The first kappa shape index (κ1) is 23.1. The van der Waals surface area contributed by atoms with Crippen molar-refractivity contribution in [2.75, 3.05) is 0 Å². The lowest BCUT2D eigenvalue weighted by atomic mass is 10.1. The lowest BCUT2D eigenvalue weighted by Crippen LogP contribution is -2.11. The van der Waals surface area contributed by atoms with Crippen molar-refractivity contribution in [2.24, 2.45) is 0 Å². The second kappa shape index (κ2) is 8.68. The third-order valence-electron chi connectivity index (χ3n) is 8.37. The van der Waals surface area contributed by atoms with E-state index in [9.17, 15) is 0 Å². The summed E-state index contributed by atoms with van der Waals surface area (Å²) in [6.07, 6.45) is 0. The molecule has 3 nitrogen and oxygen atoms in total. The summed E-state index contributed by atoms with van der Waals surface area (Å²) < 4.78 is 11.1. The number of benzene rings is 6. The minimum atomic E-state index is 0.543. The zero-order valence-corrected chi connectivity index (χ0v) is 24.2. The molecule has 6 aromatic carbocycles. The zero-order chi connectivity index (χ0) is 27.1. The van der Waals surface area contributed by atoms with E-state index >= 15 is 0 Å². The average Bonchev–Trinajstić information content (AvgIpc) is 3.68. The lowest BCUT2D eigenvalue weighted by Gasteiger charge is -2.12. The summed E-state index contributed by atoms with van der Waals surface area (Å²) in [5.41, 5.74) is 9.08. The van der Waals surface area contributed by atoms with E-state index in [0.29, 0.717) is 9.19 Å². The van der Waals surface area contributed by atoms with Gasteiger partial charge in [0.15, 0.2) is 0 Å². The highest BCUT2D eigenvalue weighted by Gasteiger charge is 2.18. The summed E-state index contributed by atoms with van der Waals surface area (Å²) >= 11 is 0. The van der Waals surface area contributed by atoms with E-state index < -0.39 is 0 Å². The normalized spacial score (nSPS) is 12.1. The van der Waals surface area contributed by atoms with E-state index in [0.717, 1.165) is 27.6 Å². The van der Waals surface area contributed by atoms with Crippen molar-refractivity contribution < 1.29 is 4.42 Å². The molecular formula is C36H23N2OPSi. The van der Waals surface area contributed by atoms with Crippen LogP contribution < -0.4 is 5.19 Å². The first-order valence-corrected chi connectivity index (χ1v) is 16.6. The Morgan fingerprint density at radius 1 is 0.463 bits per heavy atom. The molecule has 9 rings (SSSR count). The van der Waals surface area contributed by atoms with Crippen molar-refractivity contribution >= 4 is 88.7 Å². The topological polar surface area (TPSA) is 23.0 Å². The third-order valence-corrected chi connectivity index (χ3v) is 9.99. The van der Waals surface area contributed by atoms with Gasteiger partial charge in [-0.3, -0.25) is 0 Å². The summed E-state index contributed by atoms with van der Waals surface area (Å²) in [6.45, 7) is 0. The highest BCUT2D eigenvalue weighted by molar-refractivity contribution is 7.58. The van der Waals surface area contributed by atoms with Crippen LogP contribution in [0.3, 0.4) is 0 Å². The molecule has 3 aromatic heterocycles. The number of furan rings is 1. The Kier molecular flexibility index (Phi) is 4.89. The van der Waals surface area contributed by atoms with E-state index in [1.165, 1.54) is 54.5 Å². The van der Waals surface area contributed by atoms with Gasteiger partial charge in [-0.15, -0.1) is 8.79 Å². The Morgan fingerprint density at radius 3 is 1.63 bits per heavy atom. The Hall–Kier alpha value is -4.63. The standard InChI is InChI=1S/C36H23N2OPSi/c40-41-35-21-23(20-29-27-12-4-8-16-34(27)39-36(29)35)38-32-15-7-3-11-26(32)28-19-22(17-18-33(28)38)37-30-13-5-1-9-24(30)25-10-2-6-14-31(25)37/h1-21H,40H2. The molecule has 0 aliphatic rings. The average molecular weight is 559 g/mol. The molecule has 0 fully saturated rings. The van der Waals surface area contributed by atoms with Gasteiger partial charge in [0.2, 0.25) is 0 Å². The van der Waals surface area contributed by atoms with Gasteiger partial charge in [-0.1, -0.05) is 72.8 Å². The molecule has 9 aromatic rings. The smallest absolute Gasteiger partial charge is 0.135 e. The van der Waals surface area contributed by atoms with Crippen LogP contribution in [0.25, 0.3) is 76.9 Å². The van der Waals surface area contributed by atoms with E-state index in [4.69, 9.17) is 4.42 Å². The SMILES string of the molecule is P[Si]c1cc(-n2c3ccccc3c3cc(-n4c5ccccc5c5ccccc54)ccc32)cc2c1oc1ccccc12. The second-order valence-electron chi connectivity index (χ2n) is 10.5. The van der Waals surface area contributed by atoms with Crippen LogP contribution >= 0.6 is 8.79 Å². The molecule has 41 heavy (non-hydrogen) atoms. The molecule has 0 aliphatic carbocycles. The first-order chi connectivity index (χ1) is 20.3. The quantitative estimate of drug-likeness (QED) is 0.157. The van der Waals surface area contributed by atoms with Crippen LogP contribution in [0.15, 0.2) is 132 Å². The molecule has 0 saturated carbocycles. The van der Waals surface area contributed by atoms with Crippen LogP contribution in [-0.4, -0.2) is 18.3 Å². The van der Waals surface area contributed by atoms with Crippen LogP contribution in [-0.2, 0) is 0 Å². The van der Waals surface area contributed by atoms with Crippen molar-refractivity contribution in [3.8, 4) is 11.4 Å². The van der Waals surface area contributed by atoms with Crippen LogP contribution in [0, 0.1) is 0 Å². The van der Waals surface area contributed by atoms with Crippen molar-refractivity contribution in [1.82, 2.24) is 9.13 Å². The third kappa shape index (κ3) is 3.23. The summed E-state index contributed by atoms with van der Waals surface area (Å²) in [6, 6.07) is 46.0. The molecule has 192 valence electrons. The van der Waals surface area contributed by atoms with Gasteiger partial charge in [-0.25, -0.2) is 0 Å². The van der Waals surface area contributed by atoms with Gasteiger partial charge < -0.3 is 13.6 Å². The number of nitrogens with zero attached hydrogens (tertiary/aromatic N) is 2. The van der Waals surface area contributed by atoms with E-state index in [1.807, 2.05) is 6.07 Å². The van der Waals surface area contributed by atoms with E-state index in [2.05, 4.69) is 139 Å². The molecule has 0 N–H and O–H groups in total. The predicted molar refractivity (Wildman–Crippen MR) is 177 cm³/mol. The molecule has 0 amide bonds. The van der Waals surface area contributed by atoms with Gasteiger partial charge in [-0.2, -0.15) is 0 Å². The summed E-state index contributed by atoms with van der Waals surface area (Å²) in [5.74, 6) is 0. The fourth-order valence-electron chi connectivity index (χ4n) is 6.63. The maximum atomic E-state index is 6.33. The van der Waals surface area contributed by atoms with E-state index in [-0.39, 0.29) is 0 Å². The van der Waals surface area contributed by atoms with Crippen LogP contribution in [0.5, 0.6) is 0 Å². The van der Waals surface area contributed by atoms with E-state index in [1.54, 1.807) is 0 Å². The Balaban J connectivity index is 1.36. The fraction of sp³-hybridized carbons (Fsp3) is 0. The van der Waals surface area contributed by atoms with Gasteiger partial charge in [0.1, 0.15) is 20.4 Å². The minimum absolute atomic E-state index is 0.543. The fourth-order valence-corrected chi connectivity index (χ4v) is 7.82. The Bertz CT molecular complexity index is 2430. The molecule has 2 radical (unpaired) electrons. The van der Waals surface area contributed by atoms with Gasteiger partial charge in [-0.05, 0) is 59.8 Å². The number of para-hydroxylation sites is 4. The molecule has 0 spiro atoms. The molecule has 5 heteroatoms. The molecule has 0 aliphatic heterocycles. The van der Waals surface area contributed by atoms with Crippen LogP contribution in [0.2, 0.25) is 0 Å². The molecule has 3 heterocycles. The first-order valence-electron chi connectivity index (χ1n) is 13.7. The van der Waals surface area contributed by atoms with Gasteiger partial charge in [0.05, 0.1) is 22.1 Å². The summed E-state index contributed by atoms with van der Waals surface area (Å²) in [4.78, 5) is 0. The van der Waals surface area contributed by atoms with Crippen molar-refractivity contribution in [2.45, 2.75) is 0 Å². The van der Waals surface area contributed by atoms with Gasteiger partial charge >= 0.3 is 0 Å². The van der Waals surface area contributed by atoms with Gasteiger partial charge in [0, 0.05) is 43.7 Å². The highest BCUT2D eigenvalue weighted by Crippen LogP contribution is 2.38. The number of aromatic nitrogens is 2. The Labute approximate surface area is 240 Å². The monoisotopic (exact) mass is 558 g/mol. The largest absolute Gasteiger partial charge is 0.456 e. The Morgan fingerprint density at radius 2 is 0.976 bits per heavy atom. The maximum Gasteiger partial charge on any atom is 0.135 e. The second-order valence-corrected chi connectivity index (χ2v) is 12.2. The molecule has 0 bridgehead atoms. The number of fused-ring (bicyclic) bond motifs is 9. The highest BCUT2D eigenvalue weighted by atomic mass is 31.3. The lowest BCUT2D eigenvalue weighted by molar-refractivity contribution is 0.671. The van der Waals surface area contributed by atoms with Crippen LogP contribution in [0.1, 0.15) is 0 Å². The molecule has 0 saturated heterocycles. The number of hydrogen-bond donors (Lipinski definition) is 0. The number of hydrogen-bond acceptors (Lipinski definition) is 1. The van der Waals surface area contributed by atoms with Crippen molar-refractivity contribution in [3.05, 3.63) is 127 Å². The molecular weight excluding hydrogens is 535 g/mol. The van der Waals surface area contributed by atoms with Crippen LogP contribution in [0.4, 0.5) is 0 Å².